The molecule has 1 unspecified atom stereocenters. The van der Waals surface area contributed by atoms with Crippen LogP contribution in [-0.2, 0) is 16.0 Å². The molecule has 0 spiro atoms. The predicted molar refractivity (Wildman–Crippen MR) is 86.5 cm³/mol. The zero-order valence-electron chi connectivity index (χ0n) is 12.7. The molecule has 1 amide bonds. The van der Waals surface area contributed by atoms with Gasteiger partial charge in [-0.1, -0.05) is 18.2 Å². The Kier molecular flexibility index (Phi) is 3.89. The van der Waals surface area contributed by atoms with Crippen LogP contribution in [0.15, 0.2) is 24.3 Å². The van der Waals surface area contributed by atoms with Gasteiger partial charge in [-0.05, 0) is 31.0 Å². The van der Waals surface area contributed by atoms with Crippen LogP contribution < -0.4 is 5.32 Å². The molecule has 2 aromatic rings. The third-order valence-corrected chi connectivity index (χ3v) is 5.04. The third-order valence-electron chi connectivity index (χ3n) is 3.92. The van der Waals surface area contributed by atoms with Crippen molar-refractivity contribution >= 4 is 28.2 Å². The number of nitrogens with zero attached hydrogens (tertiary/aromatic N) is 1. The molecule has 1 aliphatic rings. The summed E-state index contributed by atoms with van der Waals surface area (Å²) in [5, 5.41) is 12.5. The molecule has 1 N–H and O–H groups in total. The quantitative estimate of drug-likeness (QED) is 0.861. The van der Waals surface area contributed by atoms with E-state index in [1.807, 2.05) is 26.0 Å². The SMILES string of the molecule is Cc1sc(NC(=O)C2Cc3ccccc3C(=O)O2)c(C#N)c1C. The summed E-state index contributed by atoms with van der Waals surface area (Å²) < 4.78 is 5.23. The molecule has 3 rings (SSSR count). The van der Waals surface area contributed by atoms with E-state index in [0.29, 0.717) is 22.5 Å². The first-order chi connectivity index (χ1) is 11.0. The molecule has 1 aromatic heterocycles. The number of carbonyl (C=O) groups is 2. The largest absolute Gasteiger partial charge is 0.448 e. The van der Waals surface area contributed by atoms with Crippen molar-refractivity contribution in [3.05, 3.63) is 51.4 Å². The summed E-state index contributed by atoms with van der Waals surface area (Å²) in [4.78, 5) is 25.4. The monoisotopic (exact) mass is 326 g/mol. The normalized spacial score (nSPS) is 16.2. The van der Waals surface area contributed by atoms with Gasteiger partial charge in [0.2, 0.25) is 0 Å². The summed E-state index contributed by atoms with van der Waals surface area (Å²) in [7, 11) is 0. The standard InChI is InChI=1S/C17H14N2O3S/c1-9-10(2)23-16(13(9)8-18)19-15(20)14-7-11-5-3-4-6-12(11)17(21)22-14/h3-6,14H,7H2,1-2H3,(H,19,20). The highest BCUT2D eigenvalue weighted by atomic mass is 32.1. The fourth-order valence-electron chi connectivity index (χ4n) is 2.52. The molecule has 5 nitrogen and oxygen atoms in total. The number of thiophene rings is 1. The number of nitrogens with one attached hydrogen (secondary N) is 1. The average molecular weight is 326 g/mol. The zero-order chi connectivity index (χ0) is 16.6. The predicted octanol–water partition coefficient (Wildman–Crippen LogP) is 2.96. The maximum atomic E-state index is 12.4. The van der Waals surface area contributed by atoms with E-state index in [0.717, 1.165) is 16.0 Å². The summed E-state index contributed by atoms with van der Waals surface area (Å²) in [6, 6.07) is 9.19. The number of hydrogen-bond acceptors (Lipinski definition) is 5. The van der Waals surface area contributed by atoms with E-state index in [-0.39, 0.29) is 0 Å². The first kappa shape index (κ1) is 15.3. The van der Waals surface area contributed by atoms with Crippen molar-refractivity contribution in [2.24, 2.45) is 0 Å². The van der Waals surface area contributed by atoms with Crippen molar-refractivity contribution in [2.45, 2.75) is 26.4 Å². The number of rotatable bonds is 2. The highest BCUT2D eigenvalue weighted by Crippen LogP contribution is 2.32. The minimum absolute atomic E-state index is 0.332. The van der Waals surface area contributed by atoms with Crippen molar-refractivity contribution in [3.63, 3.8) is 0 Å². The van der Waals surface area contributed by atoms with Gasteiger partial charge in [0.05, 0.1) is 11.1 Å². The Labute approximate surface area is 137 Å². The first-order valence-electron chi connectivity index (χ1n) is 7.11. The Morgan fingerprint density at radius 2 is 2.13 bits per heavy atom. The maximum Gasteiger partial charge on any atom is 0.339 e. The molecule has 1 aliphatic heterocycles. The number of benzene rings is 1. The Balaban J connectivity index is 1.82. The van der Waals surface area contributed by atoms with Gasteiger partial charge >= 0.3 is 5.97 Å². The van der Waals surface area contributed by atoms with Gasteiger partial charge in [0.15, 0.2) is 6.10 Å². The van der Waals surface area contributed by atoms with E-state index in [4.69, 9.17) is 4.74 Å². The minimum atomic E-state index is -0.883. The Bertz CT molecular complexity index is 848. The summed E-state index contributed by atoms with van der Waals surface area (Å²) in [5.74, 6) is -0.906. The molecular formula is C17H14N2O3S. The second-order valence-corrected chi connectivity index (χ2v) is 6.57. The Morgan fingerprint density at radius 3 is 2.87 bits per heavy atom. The number of cyclic esters (lactones) is 1. The Morgan fingerprint density at radius 1 is 1.39 bits per heavy atom. The minimum Gasteiger partial charge on any atom is -0.448 e. The lowest BCUT2D eigenvalue weighted by Crippen LogP contribution is -2.37. The fourth-order valence-corrected chi connectivity index (χ4v) is 3.53. The lowest BCUT2D eigenvalue weighted by Gasteiger charge is -2.23. The topological polar surface area (TPSA) is 79.2 Å². The maximum absolute atomic E-state index is 12.4. The summed E-state index contributed by atoms with van der Waals surface area (Å²) >= 11 is 1.35. The molecule has 0 saturated heterocycles. The lowest BCUT2D eigenvalue weighted by molar-refractivity contribution is -0.125. The van der Waals surface area contributed by atoms with E-state index in [2.05, 4.69) is 11.4 Å². The molecule has 1 aromatic carbocycles. The zero-order valence-corrected chi connectivity index (χ0v) is 13.5. The van der Waals surface area contributed by atoms with Crippen LogP contribution in [0.2, 0.25) is 0 Å². The van der Waals surface area contributed by atoms with Gasteiger partial charge in [-0.3, -0.25) is 4.79 Å². The molecule has 6 heteroatoms. The number of hydrogen-bond donors (Lipinski definition) is 1. The Hall–Kier alpha value is -2.65. The number of carbonyl (C=O) groups excluding carboxylic acids is 2. The number of nitriles is 1. The van der Waals surface area contributed by atoms with Crippen LogP contribution >= 0.6 is 11.3 Å². The summed E-state index contributed by atoms with van der Waals surface area (Å²) in [6.45, 7) is 3.74. The van der Waals surface area contributed by atoms with Crippen LogP contribution in [0.25, 0.3) is 0 Å². The van der Waals surface area contributed by atoms with Crippen molar-refractivity contribution in [2.75, 3.05) is 5.32 Å². The van der Waals surface area contributed by atoms with Gasteiger partial charge in [-0.25, -0.2) is 4.79 Å². The van der Waals surface area contributed by atoms with Crippen LogP contribution in [-0.4, -0.2) is 18.0 Å². The highest BCUT2D eigenvalue weighted by molar-refractivity contribution is 7.16. The highest BCUT2D eigenvalue weighted by Gasteiger charge is 2.31. The molecule has 0 fully saturated rings. The number of fused-ring (bicyclic) bond motifs is 1. The van der Waals surface area contributed by atoms with Crippen molar-refractivity contribution in [1.82, 2.24) is 0 Å². The molecule has 0 saturated carbocycles. The van der Waals surface area contributed by atoms with Gasteiger partial charge in [0.25, 0.3) is 5.91 Å². The van der Waals surface area contributed by atoms with Gasteiger partial charge in [0.1, 0.15) is 11.1 Å². The average Bonchev–Trinajstić information content (AvgIpc) is 2.81. The van der Waals surface area contributed by atoms with E-state index in [1.165, 1.54) is 11.3 Å². The number of ether oxygens (including phenoxy) is 1. The second kappa shape index (κ2) is 5.86. The molecular weight excluding hydrogens is 312 g/mol. The van der Waals surface area contributed by atoms with Crippen molar-refractivity contribution < 1.29 is 14.3 Å². The van der Waals surface area contributed by atoms with Crippen LogP contribution in [0.5, 0.6) is 0 Å². The summed E-state index contributed by atoms with van der Waals surface area (Å²) in [5.41, 5.74) is 2.61. The number of esters is 1. The van der Waals surface area contributed by atoms with Gasteiger partial charge in [-0.2, -0.15) is 5.26 Å². The number of amides is 1. The second-order valence-electron chi connectivity index (χ2n) is 5.34. The van der Waals surface area contributed by atoms with E-state index >= 15 is 0 Å². The van der Waals surface area contributed by atoms with Crippen LogP contribution in [0.1, 0.15) is 31.9 Å². The van der Waals surface area contributed by atoms with Crippen LogP contribution in [0.3, 0.4) is 0 Å². The van der Waals surface area contributed by atoms with Crippen molar-refractivity contribution in [1.29, 1.82) is 5.26 Å². The molecule has 0 aliphatic carbocycles. The molecule has 0 bridgehead atoms. The van der Waals surface area contributed by atoms with Gasteiger partial charge in [0, 0.05) is 11.3 Å². The van der Waals surface area contributed by atoms with Crippen LogP contribution in [0.4, 0.5) is 5.00 Å². The lowest BCUT2D eigenvalue weighted by atomic mass is 9.98. The van der Waals surface area contributed by atoms with Crippen LogP contribution in [0, 0.1) is 25.2 Å². The molecule has 23 heavy (non-hydrogen) atoms. The molecule has 116 valence electrons. The smallest absolute Gasteiger partial charge is 0.339 e. The number of anilines is 1. The third kappa shape index (κ3) is 2.71. The molecule has 2 heterocycles. The van der Waals surface area contributed by atoms with E-state index in [9.17, 15) is 14.9 Å². The van der Waals surface area contributed by atoms with E-state index in [1.54, 1.807) is 12.1 Å². The number of aryl methyl sites for hydroxylation is 1. The van der Waals surface area contributed by atoms with E-state index < -0.39 is 18.0 Å². The molecule has 0 radical (unpaired) electrons. The van der Waals surface area contributed by atoms with Gasteiger partial charge < -0.3 is 10.1 Å². The molecule has 1 atom stereocenters. The first-order valence-corrected chi connectivity index (χ1v) is 7.92. The van der Waals surface area contributed by atoms with Crippen molar-refractivity contribution in [3.8, 4) is 6.07 Å². The fraction of sp³-hybridized carbons (Fsp3) is 0.235. The van der Waals surface area contributed by atoms with Gasteiger partial charge in [-0.15, -0.1) is 11.3 Å². The summed E-state index contributed by atoms with van der Waals surface area (Å²) in [6.07, 6.45) is -0.550.